The molecule has 0 aliphatic rings. The molecule has 5 nitrogen and oxygen atoms in total. The zero-order valence-corrected chi connectivity index (χ0v) is 9.46. The molecule has 2 amide bonds. The normalized spacial score (nSPS) is 8.36. The Balaban J connectivity index is 0. The van der Waals surface area contributed by atoms with Crippen LogP contribution in [0, 0.1) is 0 Å². The summed E-state index contributed by atoms with van der Waals surface area (Å²) in [5.41, 5.74) is 5.18. The van der Waals surface area contributed by atoms with Crippen molar-refractivity contribution in [1.82, 2.24) is 10.2 Å². The molecular formula is C9H21N3O2. The Bertz CT molecular complexity index is 171. The smallest absolute Gasteiger partial charge is 0.239 e. The molecule has 0 aromatic carbocycles. The average Bonchev–Trinajstić information content (AvgIpc) is 2.21. The van der Waals surface area contributed by atoms with Crippen molar-refractivity contribution in [3.63, 3.8) is 0 Å². The van der Waals surface area contributed by atoms with Gasteiger partial charge in [-0.05, 0) is 0 Å². The number of likely N-dealkylation sites (N-methyl/N-ethyl adjacent to an activating group) is 2. The van der Waals surface area contributed by atoms with Crippen LogP contribution in [-0.4, -0.2) is 43.9 Å². The Morgan fingerprint density at radius 1 is 1.36 bits per heavy atom. The summed E-state index contributed by atoms with van der Waals surface area (Å²) >= 11 is 0. The summed E-state index contributed by atoms with van der Waals surface area (Å²) < 4.78 is 0. The van der Waals surface area contributed by atoms with Gasteiger partial charge >= 0.3 is 0 Å². The lowest BCUT2D eigenvalue weighted by atomic mass is 10.3. The van der Waals surface area contributed by atoms with Crippen molar-refractivity contribution in [3.05, 3.63) is 0 Å². The second-order valence-corrected chi connectivity index (χ2v) is 2.46. The van der Waals surface area contributed by atoms with Gasteiger partial charge in [0.2, 0.25) is 11.8 Å². The van der Waals surface area contributed by atoms with Crippen LogP contribution in [-0.2, 0) is 9.59 Å². The molecule has 3 N–H and O–H groups in total. The first-order valence-corrected chi connectivity index (χ1v) is 4.76. The molecule has 0 radical (unpaired) electrons. The summed E-state index contributed by atoms with van der Waals surface area (Å²) in [5.74, 6) is -0.288. The molecule has 0 aliphatic heterocycles. The number of nitrogens with two attached hydrogens (primary N) is 1. The molecule has 0 unspecified atom stereocenters. The first kappa shape index (κ1) is 15.4. The summed E-state index contributed by atoms with van der Waals surface area (Å²) in [7, 11) is 3.11. The largest absolute Gasteiger partial charge is 0.358 e. The Kier molecular flexibility index (Phi) is 11.0. The quantitative estimate of drug-likeness (QED) is 0.650. The average molecular weight is 203 g/mol. The van der Waals surface area contributed by atoms with Crippen LogP contribution in [0.2, 0.25) is 0 Å². The first-order chi connectivity index (χ1) is 6.61. The lowest BCUT2D eigenvalue weighted by Gasteiger charge is -2.15. The van der Waals surface area contributed by atoms with Gasteiger partial charge in [0.15, 0.2) is 0 Å². The van der Waals surface area contributed by atoms with Crippen molar-refractivity contribution in [2.45, 2.75) is 20.3 Å². The van der Waals surface area contributed by atoms with Gasteiger partial charge in [-0.2, -0.15) is 0 Å². The summed E-state index contributed by atoms with van der Waals surface area (Å²) in [6, 6.07) is 0. The Morgan fingerprint density at radius 2 is 1.86 bits per heavy atom. The van der Waals surface area contributed by atoms with Crippen molar-refractivity contribution >= 4 is 11.8 Å². The lowest BCUT2D eigenvalue weighted by molar-refractivity contribution is -0.134. The fraction of sp³-hybridized carbons (Fsp3) is 0.778. The van der Waals surface area contributed by atoms with E-state index in [9.17, 15) is 9.59 Å². The minimum atomic E-state index is -0.178. The van der Waals surface area contributed by atoms with E-state index in [2.05, 4.69) is 5.32 Å². The van der Waals surface area contributed by atoms with Crippen LogP contribution in [0.25, 0.3) is 0 Å². The molecule has 0 bridgehead atoms. The molecular weight excluding hydrogens is 182 g/mol. The van der Waals surface area contributed by atoms with Gasteiger partial charge in [0.1, 0.15) is 0 Å². The third-order valence-corrected chi connectivity index (χ3v) is 1.44. The lowest BCUT2D eigenvalue weighted by Crippen LogP contribution is -2.37. The molecule has 5 heteroatoms. The molecule has 14 heavy (non-hydrogen) atoms. The Morgan fingerprint density at radius 3 is 2.21 bits per heavy atom. The van der Waals surface area contributed by atoms with Crippen molar-refractivity contribution in [2.24, 2.45) is 5.73 Å². The highest BCUT2D eigenvalue weighted by atomic mass is 16.2. The van der Waals surface area contributed by atoms with E-state index in [1.54, 1.807) is 7.05 Å². The minimum absolute atomic E-state index is 0.0926. The zero-order chi connectivity index (χ0) is 11.6. The van der Waals surface area contributed by atoms with Crippen molar-refractivity contribution in [3.8, 4) is 0 Å². The van der Waals surface area contributed by atoms with E-state index >= 15 is 0 Å². The topological polar surface area (TPSA) is 75.4 Å². The number of carbonyl (C=O) groups excluding carboxylic acids is 2. The SMILES string of the molecule is CC.CNC(=O)CN(C)C(=O)CCN. The fourth-order valence-electron chi connectivity index (χ4n) is 0.697. The van der Waals surface area contributed by atoms with Crippen LogP contribution in [0.4, 0.5) is 0 Å². The monoisotopic (exact) mass is 203 g/mol. The molecule has 0 spiro atoms. The maximum atomic E-state index is 11.1. The van der Waals surface area contributed by atoms with Gasteiger partial charge in [-0.15, -0.1) is 0 Å². The van der Waals surface area contributed by atoms with Crippen molar-refractivity contribution in [1.29, 1.82) is 0 Å². The van der Waals surface area contributed by atoms with Gasteiger partial charge in [0.05, 0.1) is 6.54 Å². The molecule has 0 aliphatic carbocycles. The summed E-state index contributed by atoms with van der Waals surface area (Å²) in [5, 5.41) is 2.43. The van der Waals surface area contributed by atoms with Gasteiger partial charge in [-0.25, -0.2) is 0 Å². The number of amides is 2. The van der Waals surface area contributed by atoms with Crippen LogP contribution < -0.4 is 11.1 Å². The number of carbonyl (C=O) groups is 2. The van der Waals surface area contributed by atoms with Crippen molar-refractivity contribution < 1.29 is 9.59 Å². The highest BCUT2D eigenvalue weighted by Gasteiger charge is 2.09. The molecule has 0 aromatic rings. The number of nitrogens with one attached hydrogen (secondary N) is 1. The van der Waals surface area contributed by atoms with Crippen molar-refractivity contribution in [2.75, 3.05) is 27.2 Å². The fourth-order valence-corrected chi connectivity index (χ4v) is 0.697. The van der Waals surface area contributed by atoms with Gasteiger partial charge in [-0.1, -0.05) is 13.8 Å². The van der Waals surface area contributed by atoms with E-state index in [4.69, 9.17) is 5.73 Å². The maximum absolute atomic E-state index is 11.1. The third kappa shape index (κ3) is 7.54. The van der Waals surface area contributed by atoms with Crippen LogP contribution >= 0.6 is 0 Å². The number of hydrogen-bond acceptors (Lipinski definition) is 3. The molecule has 0 saturated carbocycles. The molecule has 0 saturated heterocycles. The standard InChI is InChI=1S/C7H15N3O2.C2H6/c1-9-6(11)5-10(2)7(12)3-4-8;1-2/h3-5,8H2,1-2H3,(H,9,11);1-2H3. The Labute approximate surface area is 85.6 Å². The highest BCUT2D eigenvalue weighted by molar-refractivity contribution is 5.84. The molecule has 0 atom stereocenters. The van der Waals surface area contributed by atoms with E-state index in [1.165, 1.54) is 11.9 Å². The predicted octanol–water partition coefficient (Wildman–Crippen LogP) is -0.434. The second-order valence-electron chi connectivity index (χ2n) is 2.46. The van der Waals surface area contributed by atoms with E-state index < -0.39 is 0 Å². The Hall–Kier alpha value is -1.10. The van der Waals surface area contributed by atoms with Gasteiger partial charge < -0.3 is 16.0 Å². The maximum Gasteiger partial charge on any atom is 0.239 e. The minimum Gasteiger partial charge on any atom is -0.358 e. The number of rotatable bonds is 4. The van der Waals surface area contributed by atoms with Crippen LogP contribution in [0.1, 0.15) is 20.3 Å². The highest BCUT2D eigenvalue weighted by Crippen LogP contribution is 1.87. The molecule has 84 valence electrons. The van der Waals surface area contributed by atoms with Gasteiger partial charge in [0.25, 0.3) is 0 Å². The summed E-state index contributed by atoms with van der Waals surface area (Å²) in [4.78, 5) is 23.2. The third-order valence-electron chi connectivity index (χ3n) is 1.44. The predicted molar refractivity (Wildman–Crippen MR) is 56.7 cm³/mol. The first-order valence-electron chi connectivity index (χ1n) is 4.76. The molecule has 0 rings (SSSR count). The van der Waals surface area contributed by atoms with E-state index in [0.29, 0.717) is 6.54 Å². The number of hydrogen-bond donors (Lipinski definition) is 2. The summed E-state index contributed by atoms with van der Waals surface area (Å²) in [6.45, 7) is 4.41. The molecule has 0 fully saturated rings. The second kappa shape index (κ2) is 9.98. The molecule has 0 heterocycles. The summed E-state index contributed by atoms with van der Waals surface area (Å²) in [6.07, 6.45) is 0.285. The van der Waals surface area contributed by atoms with Crippen LogP contribution in [0.15, 0.2) is 0 Å². The van der Waals surface area contributed by atoms with E-state index in [1.807, 2.05) is 13.8 Å². The van der Waals surface area contributed by atoms with Crippen LogP contribution in [0.5, 0.6) is 0 Å². The van der Waals surface area contributed by atoms with Crippen LogP contribution in [0.3, 0.4) is 0 Å². The van der Waals surface area contributed by atoms with E-state index in [0.717, 1.165) is 0 Å². The number of nitrogens with zero attached hydrogens (tertiary/aromatic N) is 1. The molecule has 0 aromatic heterocycles. The zero-order valence-electron chi connectivity index (χ0n) is 9.46. The van der Waals surface area contributed by atoms with E-state index in [-0.39, 0.29) is 24.8 Å². The van der Waals surface area contributed by atoms with Gasteiger partial charge in [-0.3, -0.25) is 9.59 Å². The van der Waals surface area contributed by atoms with Gasteiger partial charge in [0, 0.05) is 27.1 Å².